The molecule has 0 radical (unpaired) electrons. The number of anilines is 1. The Bertz CT molecular complexity index is 1170. The summed E-state index contributed by atoms with van der Waals surface area (Å²) >= 11 is 31.3. The van der Waals surface area contributed by atoms with Crippen LogP contribution in [0.4, 0.5) is 5.69 Å². The molecule has 2 heterocycles. The minimum Gasteiger partial charge on any atom is -0.367 e. The van der Waals surface area contributed by atoms with Gasteiger partial charge in [0.25, 0.3) is 5.91 Å². The second-order valence-electron chi connectivity index (χ2n) is 7.34. The number of thiocarbonyl (C=S) groups is 1. The van der Waals surface area contributed by atoms with Gasteiger partial charge < -0.3 is 9.80 Å². The van der Waals surface area contributed by atoms with Gasteiger partial charge in [-0.1, -0.05) is 82.5 Å². The van der Waals surface area contributed by atoms with Gasteiger partial charge in [-0.2, -0.15) is 0 Å². The molecule has 2 fully saturated rings. The monoisotopic (exact) mass is 559 g/mol. The Balaban J connectivity index is 1.41. The number of benzene rings is 2. The molecule has 2 aromatic rings. The molecule has 11 heteroatoms. The number of rotatable bonds is 4. The molecule has 2 aromatic carbocycles. The summed E-state index contributed by atoms with van der Waals surface area (Å²) in [6, 6.07) is 10.8. The van der Waals surface area contributed by atoms with E-state index in [1.165, 1.54) is 4.90 Å². The summed E-state index contributed by atoms with van der Waals surface area (Å²) in [6.45, 7) is 2.25. The van der Waals surface area contributed by atoms with Gasteiger partial charge >= 0.3 is 0 Å². The first-order chi connectivity index (χ1) is 15.8. The highest BCUT2D eigenvalue weighted by molar-refractivity contribution is 8.26. The van der Waals surface area contributed by atoms with E-state index in [2.05, 4.69) is 4.90 Å². The van der Waals surface area contributed by atoms with Crippen molar-refractivity contribution in [2.75, 3.05) is 37.6 Å². The molecule has 0 aromatic heterocycles. The van der Waals surface area contributed by atoms with Crippen molar-refractivity contribution in [1.82, 2.24) is 9.80 Å². The fourth-order valence-electron chi connectivity index (χ4n) is 3.58. The third-order valence-corrected chi connectivity index (χ3v) is 8.19. The van der Waals surface area contributed by atoms with Crippen LogP contribution in [0.15, 0.2) is 41.3 Å². The third-order valence-electron chi connectivity index (χ3n) is 5.35. The summed E-state index contributed by atoms with van der Waals surface area (Å²) in [5, 5.41) is 1.62. The van der Waals surface area contributed by atoms with Crippen molar-refractivity contribution in [3.8, 4) is 0 Å². The number of para-hydroxylation sites is 1. The van der Waals surface area contributed by atoms with Gasteiger partial charge in [-0.15, -0.1) is 0 Å². The van der Waals surface area contributed by atoms with Crippen LogP contribution in [0.5, 0.6) is 0 Å². The van der Waals surface area contributed by atoms with E-state index in [1.807, 2.05) is 24.3 Å². The number of halogens is 4. The molecule has 0 bridgehead atoms. The molecular weight excluding hydrogens is 544 g/mol. The van der Waals surface area contributed by atoms with Crippen LogP contribution in [0.25, 0.3) is 6.08 Å². The van der Waals surface area contributed by atoms with Gasteiger partial charge in [0.05, 0.1) is 25.7 Å². The summed E-state index contributed by atoms with van der Waals surface area (Å²) in [5.74, 6) is -0.523. The normalized spacial score (nSPS) is 17.9. The molecule has 0 aliphatic carbocycles. The Hall–Kier alpha value is -1.48. The van der Waals surface area contributed by atoms with Crippen molar-refractivity contribution in [1.29, 1.82) is 0 Å². The van der Waals surface area contributed by atoms with Gasteiger partial charge in [-0.3, -0.25) is 14.5 Å². The van der Waals surface area contributed by atoms with Gasteiger partial charge in [0.2, 0.25) is 5.91 Å². The number of nitrogens with zero attached hydrogens (tertiary/aromatic N) is 3. The maximum atomic E-state index is 13.0. The van der Waals surface area contributed by atoms with E-state index in [-0.39, 0.29) is 23.4 Å². The molecular formula is C22H17Cl4N3O2S2. The van der Waals surface area contributed by atoms with Crippen molar-refractivity contribution in [2.24, 2.45) is 0 Å². The van der Waals surface area contributed by atoms with Crippen LogP contribution in [-0.2, 0) is 9.59 Å². The Labute approximate surface area is 221 Å². The van der Waals surface area contributed by atoms with Gasteiger partial charge in [0.15, 0.2) is 0 Å². The van der Waals surface area contributed by atoms with Crippen molar-refractivity contribution in [2.45, 2.75) is 0 Å². The smallest absolute Gasteiger partial charge is 0.266 e. The number of hydrogen-bond acceptors (Lipinski definition) is 5. The number of carbonyl (C=O) groups is 2. The Morgan fingerprint density at radius 3 is 2.33 bits per heavy atom. The third kappa shape index (κ3) is 5.29. The number of hydrogen-bond donors (Lipinski definition) is 0. The van der Waals surface area contributed by atoms with Crippen LogP contribution in [0.2, 0.25) is 20.1 Å². The molecule has 0 atom stereocenters. The zero-order chi connectivity index (χ0) is 23.7. The number of carbonyl (C=O) groups excluding carboxylic acids is 2. The number of thioether (sulfide) groups is 1. The quantitative estimate of drug-likeness (QED) is 0.266. The molecule has 0 spiro atoms. The van der Waals surface area contributed by atoms with E-state index in [9.17, 15) is 9.59 Å². The summed E-state index contributed by atoms with van der Waals surface area (Å²) in [5.41, 5.74) is 1.39. The van der Waals surface area contributed by atoms with Crippen LogP contribution in [0, 0.1) is 0 Å². The van der Waals surface area contributed by atoms with E-state index >= 15 is 0 Å². The van der Waals surface area contributed by atoms with Gasteiger partial charge in [0, 0.05) is 36.8 Å². The van der Waals surface area contributed by atoms with E-state index in [0.717, 1.165) is 17.4 Å². The zero-order valence-corrected chi connectivity index (χ0v) is 21.7. The fraction of sp³-hybridized carbons (Fsp3) is 0.227. The lowest BCUT2D eigenvalue weighted by Gasteiger charge is -2.37. The maximum Gasteiger partial charge on any atom is 0.266 e. The lowest BCUT2D eigenvalue weighted by atomic mass is 10.2. The second kappa shape index (κ2) is 10.4. The van der Waals surface area contributed by atoms with Crippen molar-refractivity contribution in [3.05, 3.63) is 67.0 Å². The SMILES string of the molecule is O=C(CN1C(=O)/C(=C/c2c(Cl)ccc(Cl)c2Cl)SC1=S)N1CCN(c2ccccc2Cl)CC1. The number of amides is 2. The first kappa shape index (κ1) is 24.6. The molecule has 5 nitrogen and oxygen atoms in total. The van der Waals surface area contributed by atoms with E-state index in [1.54, 1.807) is 23.1 Å². The predicted octanol–water partition coefficient (Wildman–Crippen LogP) is 5.85. The molecule has 2 saturated heterocycles. The lowest BCUT2D eigenvalue weighted by Crippen LogP contribution is -2.51. The average Bonchev–Trinajstić information content (AvgIpc) is 3.07. The first-order valence-electron chi connectivity index (χ1n) is 9.92. The topological polar surface area (TPSA) is 43.9 Å². The fourth-order valence-corrected chi connectivity index (χ4v) is 5.72. The first-order valence-corrected chi connectivity index (χ1v) is 12.7. The van der Waals surface area contributed by atoms with Crippen LogP contribution in [0.1, 0.15) is 5.56 Å². The van der Waals surface area contributed by atoms with Crippen molar-refractivity contribution in [3.63, 3.8) is 0 Å². The Kier molecular flexibility index (Phi) is 7.78. The van der Waals surface area contributed by atoms with Gasteiger partial charge in [0.1, 0.15) is 10.9 Å². The van der Waals surface area contributed by atoms with Crippen LogP contribution < -0.4 is 4.90 Å². The highest BCUT2D eigenvalue weighted by Gasteiger charge is 2.35. The standard InChI is InChI=1S/C22H17Cl4N3O2S2/c23-14-5-6-16(25)20(26)13(14)11-18-21(31)29(22(32)33-18)12-19(30)28-9-7-27(8-10-28)17-4-2-1-3-15(17)24/h1-6,11H,7-10,12H2/b18-11-. The molecule has 2 aliphatic rings. The molecule has 2 aliphatic heterocycles. The molecule has 0 unspecified atom stereocenters. The Morgan fingerprint density at radius 2 is 1.64 bits per heavy atom. The minimum atomic E-state index is -0.361. The largest absolute Gasteiger partial charge is 0.367 e. The zero-order valence-electron chi connectivity index (χ0n) is 17.1. The summed E-state index contributed by atoms with van der Waals surface area (Å²) < 4.78 is 0.309. The van der Waals surface area contributed by atoms with Crippen molar-refractivity contribution < 1.29 is 9.59 Å². The molecule has 0 saturated carbocycles. The number of piperazine rings is 1. The lowest BCUT2D eigenvalue weighted by molar-refractivity contribution is -0.135. The van der Waals surface area contributed by atoms with Gasteiger partial charge in [-0.05, 0) is 30.3 Å². The predicted molar refractivity (Wildman–Crippen MR) is 142 cm³/mol. The highest BCUT2D eigenvalue weighted by atomic mass is 35.5. The van der Waals surface area contributed by atoms with E-state index in [4.69, 9.17) is 58.6 Å². The summed E-state index contributed by atoms with van der Waals surface area (Å²) in [7, 11) is 0. The second-order valence-corrected chi connectivity index (χ2v) is 10.6. The molecule has 172 valence electrons. The highest BCUT2D eigenvalue weighted by Crippen LogP contribution is 2.38. The van der Waals surface area contributed by atoms with Crippen molar-refractivity contribution >= 4 is 98.3 Å². The van der Waals surface area contributed by atoms with Crippen LogP contribution in [-0.4, -0.2) is 58.7 Å². The Morgan fingerprint density at radius 1 is 0.970 bits per heavy atom. The summed E-state index contributed by atoms with van der Waals surface area (Å²) in [6.07, 6.45) is 1.56. The minimum absolute atomic E-state index is 0.120. The maximum absolute atomic E-state index is 13.0. The van der Waals surface area contributed by atoms with E-state index in [0.29, 0.717) is 56.0 Å². The summed E-state index contributed by atoms with van der Waals surface area (Å²) in [4.78, 5) is 31.4. The van der Waals surface area contributed by atoms with E-state index < -0.39 is 0 Å². The molecule has 0 N–H and O–H groups in total. The van der Waals surface area contributed by atoms with Crippen LogP contribution >= 0.6 is 70.4 Å². The molecule has 33 heavy (non-hydrogen) atoms. The van der Waals surface area contributed by atoms with Crippen LogP contribution in [0.3, 0.4) is 0 Å². The average molecular weight is 561 g/mol. The molecule has 2 amide bonds. The van der Waals surface area contributed by atoms with Gasteiger partial charge in [-0.25, -0.2) is 0 Å². The molecule has 4 rings (SSSR count).